The molecule has 2 amide bonds. The Labute approximate surface area is 170 Å². The number of aliphatic hydroxyl groups excluding tert-OH is 1. The van der Waals surface area contributed by atoms with E-state index in [9.17, 15) is 9.90 Å². The van der Waals surface area contributed by atoms with Crippen molar-refractivity contribution in [2.24, 2.45) is 0 Å². The third kappa shape index (κ3) is 4.86. The maximum absolute atomic E-state index is 12.5. The normalized spacial score (nSPS) is 10.3. The van der Waals surface area contributed by atoms with Gasteiger partial charge in [0.25, 0.3) is 0 Å². The highest BCUT2D eigenvalue weighted by atomic mass is 16.5. The lowest BCUT2D eigenvalue weighted by Crippen LogP contribution is -2.20. The van der Waals surface area contributed by atoms with Gasteiger partial charge in [0, 0.05) is 18.0 Å². The summed E-state index contributed by atoms with van der Waals surface area (Å²) in [7, 11) is 3.22. The lowest BCUT2D eigenvalue weighted by atomic mass is 10.0. The van der Waals surface area contributed by atoms with Gasteiger partial charge >= 0.3 is 6.03 Å². The zero-order valence-electron chi connectivity index (χ0n) is 16.4. The summed E-state index contributed by atoms with van der Waals surface area (Å²) in [6.07, 6.45) is 0.472. The van der Waals surface area contributed by atoms with Crippen LogP contribution < -0.4 is 20.1 Å². The number of ether oxygens (including phenoxy) is 2. The zero-order chi connectivity index (χ0) is 20.6. The molecule has 0 aliphatic heterocycles. The highest BCUT2D eigenvalue weighted by molar-refractivity contribution is 6.00. The Bertz CT molecular complexity index is 966. The second kappa shape index (κ2) is 9.61. The summed E-state index contributed by atoms with van der Waals surface area (Å²) in [5.74, 6) is 1.37. The molecule has 6 nitrogen and oxygen atoms in total. The van der Waals surface area contributed by atoms with Crippen molar-refractivity contribution in [2.45, 2.75) is 6.42 Å². The Kier molecular flexibility index (Phi) is 6.71. The first-order valence-electron chi connectivity index (χ1n) is 9.24. The Morgan fingerprint density at radius 1 is 0.897 bits per heavy atom. The van der Waals surface area contributed by atoms with Gasteiger partial charge < -0.3 is 25.2 Å². The molecular weight excluding hydrogens is 368 g/mol. The number of nitrogens with one attached hydrogen (secondary N) is 2. The number of aliphatic hydroxyl groups is 1. The first kappa shape index (κ1) is 20.2. The lowest BCUT2D eigenvalue weighted by Gasteiger charge is -2.15. The van der Waals surface area contributed by atoms with E-state index in [1.54, 1.807) is 20.3 Å². The fourth-order valence-corrected chi connectivity index (χ4v) is 3.15. The van der Waals surface area contributed by atoms with Crippen LogP contribution in [-0.2, 0) is 6.42 Å². The van der Waals surface area contributed by atoms with Gasteiger partial charge in [0.2, 0.25) is 0 Å². The highest BCUT2D eigenvalue weighted by Gasteiger charge is 2.13. The number of para-hydroxylation sites is 1. The van der Waals surface area contributed by atoms with Gasteiger partial charge in [0.05, 0.1) is 19.8 Å². The molecule has 0 aromatic heterocycles. The Balaban J connectivity index is 1.82. The van der Waals surface area contributed by atoms with Crippen LogP contribution >= 0.6 is 0 Å². The summed E-state index contributed by atoms with van der Waals surface area (Å²) in [6, 6.07) is 20.1. The predicted molar refractivity (Wildman–Crippen MR) is 115 cm³/mol. The number of rotatable bonds is 7. The zero-order valence-corrected chi connectivity index (χ0v) is 16.4. The van der Waals surface area contributed by atoms with Gasteiger partial charge in [-0.2, -0.15) is 0 Å². The van der Waals surface area contributed by atoms with E-state index in [1.807, 2.05) is 60.7 Å². The Morgan fingerprint density at radius 3 is 2.28 bits per heavy atom. The van der Waals surface area contributed by atoms with E-state index in [1.165, 1.54) is 0 Å². The molecule has 6 heteroatoms. The van der Waals surface area contributed by atoms with Crippen LogP contribution in [0.2, 0.25) is 0 Å². The molecule has 0 radical (unpaired) electrons. The number of amides is 2. The van der Waals surface area contributed by atoms with E-state index < -0.39 is 0 Å². The van der Waals surface area contributed by atoms with E-state index in [0.717, 1.165) is 16.7 Å². The van der Waals surface area contributed by atoms with Crippen molar-refractivity contribution in [3.05, 3.63) is 72.3 Å². The summed E-state index contributed by atoms with van der Waals surface area (Å²) in [4.78, 5) is 12.5. The molecule has 150 valence electrons. The van der Waals surface area contributed by atoms with Crippen molar-refractivity contribution in [2.75, 3.05) is 31.5 Å². The van der Waals surface area contributed by atoms with Crippen LogP contribution in [-0.4, -0.2) is 32.0 Å². The maximum Gasteiger partial charge on any atom is 0.323 e. The largest absolute Gasteiger partial charge is 0.496 e. The summed E-state index contributed by atoms with van der Waals surface area (Å²) in [5.41, 5.74) is 3.85. The van der Waals surface area contributed by atoms with Crippen LogP contribution in [0.15, 0.2) is 66.7 Å². The number of hydrogen-bond donors (Lipinski definition) is 3. The van der Waals surface area contributed by atoms with Crippen molar-refractivity contribution in [3.8, 4) is 22.6 Å². The van der Waals surface area contributed by atoms with Crippen molar-refractivity contribution in [1.82, 2.24) is 0 Å². The first-order chi connectivity index (χ1) is 14.2. The van der Waals surface area contributed by atoms with E-state index in [-0.39, 0.29) is 12.6 Å². The molecule has 0 saturated carbocycles. The quantitative estimate of drug-likeness (QED) is 0.551. The molecule has 0 unspecified atom stereocenters. The summed E-state index contributed by atoms with van der Waals surface area (Å²) < 4.78 is 11.0. The van der Waals surface area contributed by atoms with Crippen LogP contribution in [0.4, 0.5) is 16.2 Å². The molecule has 3 aromatic carbocycles. The van der Waals surface area contributed by atoms with Crippen LogP contribution in [0.25, 0.3) is 11.1 Å². The molecule has 0 heterocycles. The van der Waals surface area contributed by atoms with Crippen LogP contribution in [0, 0.1) is 0 Å². The minimum Gasteiger partial charge on any atom is -0.496 e. The van der Waals surface area contributed by atoms with Gasteiger partial charge in [0.15, 0.2) is 0 Å². The molecule has 3 aromatic rings. The molecule has 29 heavy (non-hydrogen) atoms. The molecule has 3 N–H and O–H groups in total. The average Bonchev–Trinajstić information content (AvgIpc) is 2.74. The summed E-state index contributed by atoms with van der Waals surface area (Å²) in [5, 5.41) is 14.9. The third-order valence-corrected chi connectivity index (χ3v) is 4.48. The number of benzene rings is 3. The SMILES string of the molecule is COc1cccc(OC)c1-c1cccc(NC(=O)Nc2ccccc2CCO)c1. The number of carbonyl (C=O) groups excluding carboxylic acids is 1. The molecule has 0 spiro atoms. The highest BCUT2D eigenvalue weighted by Crippen LogP contribution is 2.39. The molecule has 0 bridgehead atoms. The molecule has 3 rings (SSSR count). The van der Waals surface area contributed by atoms with Crippen LogP contribution in [0.3, 0.4) is 0 Å². The van der Waals surface area contributed by atoms with Gasteiger partial charge in [-0.05, 0) is 47.9 Å². The van der Waals surface area contributed by atoms with Gasteiger partial charge in [-0.1, -0.05) is 36.4 Å². The number of carbonyl (C=O) groups is 1. The molecular formula is C23H24N2O4. The topological polar surface area (TPSA) is 79.8 Å². The minimum atomic E-state index is -0.362. The Morgan fingerprint density at radius 2 is 1.59 bits per heavy atom. The summed E-state index contributed by atoms with van der Waals surface area (Å²) >= 11 is 0. The second-order valence-electron chi connectivity index (χ2n) is 6.33. The lowest BCUT2D eigenvalue weighted by molar-refractivity contribution is 0.262. The van der Waals surface area contributed by atoms with Crippen molar-refractivity contribution >= 4 is 17.4 Å². The van der Waals surface area contributed by atoms with E-state index in [4.69, 9.17) is 9.47 Å². The van der Waals surface area contributed by atoms with E-state index in [2.05, 4.69) is 10.6 Å². The fourth-order valence-electron chi connectivity index (χ4n) is 3.15. The van der Waals surface area contributed by atoms with Gasteiger partial charge in [-0.15, -0.1) is 0 Å². The van der Waals surface area contributed by atoms with E-state index in [0.29, 0.717) is 29.3 Å². The van der Waals surface area contributed by atoms with E-state index >= 15 is 0 Å². The maximum atomic E-state index is 12.5. The Hall–Kier alpha value is -3.51. The smallest absolute Gasteiger partial charge is 0.323 e. The third-order valence-electron chi connectivity index (χ3n) is 4.48. The summed E-state index contributed by atoms with van der Waals surface area (Å²) in [6.45, 7) is 0.0170. The van der Waals surface area contributed by atoms with Crippen molar-refractivity contribution < 1.29 is 19.4 Å². The molecule has 0 aliphatic carbocycles. The predicted octanol–water partition coefficient (Wildman–Crippen LogP) is 4.55. The average molecular weight is 392 g/mol. The van der Waals surface area contributed by atoms with Gasteiger partial charge in [-0.3, -0.25) is 0 Å². The second-order valence-corrected chi connectivity index (χ2v) is 6.33. The van der Waals surface area contributed by atoms with Crippen molar-refractivity contribution in [3.63, 3.8) is 0 Å². The monoisotopic (exact) mass is 392 g/mol. The number of anilines is 2. The molecule has 0 atom stereocenters. The van der Waals surface area contributed by atoms with Gasteiger partial charge in [-0.25, -0.2) is 4.79 Å². The first-order valence-corrected chi connectivity index (χ1v) is 9.24. The molecule has 0 aliphatic rings. The number of hydrogen-bond acceptors (Lipinski definition) is 4. The number of urea groups is 1. The molecule has 0 fully saturated rings. The standard InChI is InChI=1S/C23H24N2O4/c1-28-20-11-6-12-21(29-2)22(20)17-8-5-9-18(15-17)24-23(27)25-19-10-4-3-7-16(19)13-14-26/h3-12,15,26H,13-14H2,1-2H3,(H2,24,25,27). The van der Waals surface area contributed by atoms with Crippen LogP contribution in [0.1, 0.15) is 5.56 Å². The van der Waals surface area contributed by atoms with Gasteiger partial charge in [0.1, 0.15) is 11.5 Å². The van der Waals surface area contributed by atoms with Crippen molar-refractivity contribution in [1.29, 1.82) is 0 Å². The molecule has 0 saturated heterocycles. The number of methoxy groups -OCH3 is 2. The minimum absolute atomic E-state index is 0.0170. The van der Waals surface area contributed by atoms with Crippen LogP contribution in [0.5, 0.6) is 11.5 Å². The fraction of sp³-hybridized carbons (Fsp3) is 0.174.